The number of nitrogens with zero attached hydrogens (tertiary/aromatic N) is 3. The zero-order valence-electron chi connectivity index (χ0n) is 22.4. The minimum Gasteiger partial charge on any atom is -0.366 e. The van der Waals surface area contributed by atoms with Crippen molar-refractivity contribution in [3.8, 4) is 0 Å². The SMILES string of the molecule is O=C(Nc1cc(C(=O)N2CCCNCC2)ccc1N1CCN(C(=O)Cc2ccccc2)CC1)c1ccc(F)cc1. The molecule has 2 fully saturated rings. The molecule has 2 heterocycles. The van der Waals surface area contributed by atoms with Crippen LogP contribution >= 0.6 is 0 Å². The molecule has 0 bridgehead atoms. The molecule has 2 N–H and O–H groups in total. The first kappa shape index (κ1) is 27.3. The van der Waals surface area contributed by atoms with E-state index in [0.29, 0.717) is 62.5 Å². The van der Waals surface area contributed by atoms with Crippen LogP contribution in [0.2, 0.25) is 0 Å². The number of rotatable bonds is 6. The average Bonchev–Trinajstić information content (AvgIpc) is 3.27. The number of piperazine rings is 1. The Balaban J connectivity index is 1.34. The molecule has 3 aromatic rings. The summed E-state index contributed by atoms with van der Waals surface area (Å²) in [7, 11) is 0. The predicted molar refractivity (Wildman–Crippen MR) is 153 cm³/mol. The van der Waals surface area contributed by atoms with E-state index in [1.165, 1.54) is 24.3 Å². The molecule has 9 heteroatoms. The number of hydrogen-bond acceptors (Lipinski definition) is 5. The van der Waals surface area contributed by atoms with Crippen molar-refractivity contribution in [1.29, 1.82) is 0 Å². The number of nitrogens with one attached hydrogen (secondary N) is 2. The number of hydrogen-bond donors (Lipinski definition) is 2. The van der Waals surface area contributed by atoms with E-state index in [1.54, 1.807) is 12.1 Å². The molecule has 40 heavy (non-hydrogen) atoms. The van der Waals surface area contributed by atoms with Gasteiger partial charge in [0.05, 0.1) is 17.8 Å². The predicted octanol–water partition coefficient (Wildman–Crippen LogP) is 3.40. The first-order valence-corrected chi connectivity index (χ1v) is 13.8. The lowest BCUT2D eigenvalue weighted by molar-refractivity contribution is -0.130. The molecule has 8 nitrogen and oxygen atoms in total. The van der Waals surface area contributed by atoms with Crippen molar-refractivity contribution in [2.75, 3.05) is 62.6 Å². The van der Waals surface area contributed by atoms with Crippen molar-refractivity contribution >= 4 is 29.1 Å². The number of carbonyl (C=O) groups is 3. The summed E-state index contributed by atoms with van der Waals surface area (Å²) in [4.78, 5) is 45.1. The van der Waals surface area contributed by atoms with Crippen LogP contribution < -0.4 is 15.5 Å². The van der Waals surface area contributed by atoms with Crippen molar-refractivity contribution in [2.24, 2.45) is 0 Å². The number of carbonyl (C=O) groups excluding carboxylic acids is 3. The van der Waals surface area contributed by atoms with Crippen molar-refractivity contribution in [1.82, 2.24) is 15.1 Å². The molecule has 2 aliphatic heterocycles. The highest BCUT2D eigenvalue weighted by Crippen LogP contribution is 2.30. The van der Waals surface area contributed by atoms with Crippen LogP contribution in [-0.2, 0) is 11.2 Å². The van der Waals surface area contributed by atoms with Crippen LogP contribution in [0.25, 0.3) is 0 Å². The Bertz CT molecular complexity index is 1330. The molecular weight excluding hydrogens is 509 g/mol. The van der Waals surface area contributed by atoms with E-state index < -0.39 is 5.82 Å². The molecule has 0 saturated carbocycles. The molecule has 0 unspecified atom stereocenters. The normalized spacial score (nSPS) is 15.9. The summed E-state index contributed by atoms with van der Waals surface area (Å²) in [6, 6.07) is 20.4. The molecule has 0 radical (unpaired) electrons. The van der Waals surface area contributed by atoms with Crippen molar-refractivity contribution in [3.63, 3.8) is 0 Å². The molecule has 5 rings (SSSR count). The third-order valence-electron chi connectivity index (χ3n) is 7.40. The molecule has 0 aliphatic carbocycles. The van der Waals surface area contributed by atoms with Crippen molar-refractivity contribution in [2.45, 2.75) is 12.8 Å². The summed E-state index contributed by atoms with van der Waals surface area (Å²) >= 11 is 0. The summed E-state index contributed by atoms with van der Waals surface area (Å²) in [6.45, 7) is 5.19. The second kappa shape index (κ2) is 12.7. The van der Waals surface area contributed by atoms with Gasteiger partial charge in [-0.25, -0.2) is 4.39 Å². The standard InChI is InChI=1S/C31H34FN5O3/c32-26-10-7-24(8-11-26)30(39)34-27-22-25(31(40)37-15-4-13-33-14-16-37)9-12-28(27)35-17-19-36(20-18-35)29(38)21-23-5-2-1-3-6-23/h1-3,5-12,22,33H,4,13-21H2,(H,34,39). The second-order valence-electron chi connectivity index (χ2n) is 10.1. The number of halogens is 1. The third-order valence-corrected chi connectivity index (χ3v) is 7.40. The molecular formula is C31H34FN5O3. The van der Waals surface area contributed by atoms with Gasteiger partial charge in [-0.05, 0) is 61.0 Å². The minimum absolute atomic E-state index is 0.0798. The van der Waals surface area contributed by atoms with E-state index >= 15 is 0 Å². The monoisotopic (exact) mass is 543 g/mol. The molecule has 2 saturated heterocycles. The third kappa shape index (κ3) is 6.66. The van der Waals surface area contributed by atoms with E-state index in [9.17, 15) is 18.8 Å². The Kier molecular flexibility index (Phi) is 8.71. The van der Waals surface area contributed by atoms with Gasteiger partial charge in [0, 0.05) is 56.9 Å². The highest BCUT2D eigenvalue weighted by Gasteiger charge is 2.25. The Hall–Kier alpha value is -4.24. The van der Waals surface area contributed by atoms with E-state index in [-0.39, 0.29) is 17.7 Å². The van der Waals surface area contributed by atoms with E-state index in [2.05, 4.69) is 15.5 Å². The molecule has 2 aliphatic rings. The van der Waals surface area contributed by atoms with Gasteiger partial charge in [0.1, 0.15) is 5.82 Å². The van der Waals surface area contributed by atoms with Gasteiger partial charge in [-0.3, -0.25) is 14.4 Å². The van der Waals surface area contributed by atoms with Gasteiger partial charge in [-0.15, -0.1) is 0 Å². The Morgan fingerprint density at radius 3 is 2.25 bits per heavy atom. The van der Waals surface area contributed by atoms with Gasteiger partial charge >= 0.3 is 0 Å². The van der Waals surface area contributed by atoms with E-state index in [0.717, 1.165) is 30.8 Å². The fraction of sp³-hybridized carbons (Fsp3) is 0.323. The van der Waals surface area contributed by atoms with Gasteiger partial charge in [-0.1, -0.05) is 30.3 Å². The molecule has 0 atom stereocenters. The minimum atomic E-state index is -0.420. The van der Waals surface area contributed by atoms with Crippen LogP contribution in [0.1, 0.15) is 32.7 Å². The first-order chi connectivity index (χ1) is 19.5. The average molecular weight is 544 g/mol. The zero-order valence-corrected chi connectivity index (χ0v) is 22.4. The quantitative estimate of drug-likeness (QED) is 0.498. The second-order valence-corrected chi connectivity index (χ2v) is 10.1. The summed E-state index contributed by atoms with van der Waals surface area (Å²) in [5.74, 6) is -0.801. The van der Waals surface area contributed by atoms with Crippen LogP contribution in [0.5, 0.6) is 0 Å². The highest BCUT2D eigenvalue weighted by molar-refractivity contribution is 6.07. The molecule has 208 valence electrons. The lowest BCUT2D eigenvalue weighted by atomic mass is 10.1. The number of amides is 3. The maximum Gasteiger partial charge on any atom is 0.255 e. The van der Waals surface area contributed by atoms with Gasteiger partial charge in [0.25, 0.3) is 11.8 Å². The van der Waals surface area contributed by atoms with Gasteiger partial charge in [0.2, 0.25) is 5.91 Å². The summed E-state index contributed by atoms with van der Waals surface area (Å²) < 4.78 is 13.4. The Labute approximate surface area is 233 Å². The fourth-order valence-electron chi connectivity index (χ4n) is 5.15. The molecule has 0 spiro atoms. The largest absolute Gasteiger partial charge is 0.366 e. The zero-order chi connectivity index (χ0) is 27.9. The molecule has 3 aromatic carbocycles. The molecule has 3 amide bonds. The molecule has 0 aromatic heterocycles. The van der Waals surface area contributed by atoms with E-state index in [1.807, 2.05) is 46.2 Å². The van der Waals surface area contributed by atoms with Gasteiger partial charge < -0.3 is 25.3 Å². The Morgan fingerprint density at radius 2 is 1.50 bits per heavy atom. The van der Waals surface area contributed by atoms with Crippen LogP contribution in [0.4, 0.5) is 15.8 Å². The van der Waals surface area contributed by atoms with Crippen molar-refractivity contribution < 1.29 is 18.8 Å². The van der Waals surface area contributed by atoms with E-state index in [4.69, 9.17) is 0 Å². The number of benzene rings is 3. The first-order valence-electron chi connectivity index (χ1n) is 13.8. The van der Waals surface area contributed by atoms with Crippen LogP contribution in [0, 0.1) is 5.82 Å². The maximum absolute atomic E-state index is 13.4. The van der Waals surface area contributed by atoms with Crippen LogP contribution in [-0.4, -0.2) is 79.9 Å². The lowest BCUT2D eigenvalue weighted by Gasteiger charge is -2.37. The van der Waals surface area contributed by atoms with Gasteiger partial charge in [0.15, 0.2) is 0 Å². The highest BCUT2D eigenvalue weighted by atomic mass is 19.1. The van der Waals surface area contributed by atoms with Crippen molar-refractivity contribution in [3.05, 3.63) is 95.3 Å². The smallest absolute Gasteiger partial charge is 0.255 e. The number of anilines is 2. The fourth-order valence-corrected chi connectivity index (χ4v) is 5.15. The topological polar surface area (TPSA) is 85.0 Å². The van der Waals surface area contributed by atoms with Crippen LogP contribution in [0.3, 0.4) is 0 Å². The van der Waals surface area contributed by atoms with Gasteiger partial charge in [-0.2, -0.15) is 0 Å². The summed E-state index contributed by atoms with van der Waals surface area (Å²) in [6.07, 6.45) is 1.24. The summed E-state index contributed by atoms with van der Waals surface area (Å²) in [5.41, 5.74) is 3.09. The van der Waals surface area contributed by atoms with Crippen LogP contribution in [0.15, 0.2) is 72.8 Å². The lowest BCUT2D eigenvalue weighted by Crippen LogP contribution is -2.49. The maximum atomic E-state index is 13.4. The summed E-state index contributed by atoms with van der Waals surface area (Å²) in [5, 5.41) is 6.26. The Morgan fingerprint density at radius 1 is 0.775 bits per heavy atom.